The van der Waals surface area contributed by atoms with Crippen LogP contribution in [0.4, 0.5) is 4.79 Å². The lowest BCUT2D eigenvalue weighted by Gasteiger charge is -2.35. The first-order valence-electron chi connectivity index (χ1n) is 10.2. The van der Waals surface area contributed by atoms with Gasteiger partial charge in [-0.05, 0) is 63.9 Å². The second-order valence-corrected chi connectivity index (χ2v) is 8.02. The zero-order chi connectivity index (χ0) is 20.9. The van der Waals surface area contributed by atoms with Crippen LogP contribution in [0.5, 0.6) is 5.75 Å². The molecule has 0 spiro atoms. The van der Waals surface area contributed by atoms with E-state index in [0.717, 1.165) is 48.7 Å². The molecule has 1 heterocycles. The molecule has 0 aliphatic heterocycles. The largest absolute Gasteiger partial charge is 0.514 e. The molecule has 29 heavy (non-hydrogen) atoms. The Bertz CT molecular complexity index is 852. The summed E-state index contributed by atoms with van der Waals surface area (Å²) in [6.07, 6.45) is 6.38. The fraction of sp³-hybridized carbons (Fsp3) is 0.545. The highest BCUT2D eigenvalue weighted by Crippen LogP contribution is 2.33. The molecule has 1 saturated carbocycles. The van der Waals surface area contributed by atoms with Crippen LogP contribution in [0.25, 0.3) is 10.9 Å². The molecule has 0 radical (unpaired) electrons. The van der Waals surface area contributed by atoms with Crippen molar-refractivity contribution in [3.8, 4) is 5.75 Å². The maximum absolute atomic E-state index is 12.4. The number of aromatic nitrogens is 1. The number of hydrogen-bond donors (Lipinski definition) is 1. The smallest absolute Gasteiger partial charge is 0.456 e. The zero-order valence-corrected chi connectivity index (χ0v) is 17.5. The Labute approximate surface area is 171 Å². The number of esters is 1. The van der Waals surface area contributed by atoms with Crippen molar-refractivity contribution in [1.29, 1.82) is 0 Å². The van der Waals surface area contributed by atoms with Gasteiger partial charge in [-0.2, -0.15) is 0 Å². The normalized spacial score (nSPS) is 16.0. The van der Waals surface area contributed by atoms with Crippen molar-refractivity contribution in [2.24, 2.45) is 0 Å². The predicted octanol–water partition coefficient (Wildman–Crippen LogP) is 4.05. The maximum atomic E-state index is 12.4. The Morgan fingerprint density at radius 1 is 1.17 bits per heavy atom. The van der Waals surface area contributed by atoms with E-state index in [0.29, 0.717) is 18.6 Å². The number of nitrogens with one attached hydrogen (secondary N) is 1. The monoisotopic (exact) mass is 402 g/mol. The summed E-state index contributed by atoms with van der Waals surface area (Å²) in [4.78, 5) is 29.3. The van der Waals surface area contributed by atoms with Gasteiger partial charge in [-0.25, -0.2) is 4.79 Å². The lowest BCUT2D eigenvalue weighted by molar-refractivity contribution is -0.166. The van der Waals surface area contributed by atoms with Crippen molar-refractivity contribution in [3.63, 3.8) is 0 Å². The van der Waals surface area contributed by atoms with Gasteiger partial charge in [-0.3, -0.25) is 4.79 Å². The number of rotatable bonds is 7. The number of aromatic amines is 1. The van der Waals surface area contributed by atoms with Crippen molar-refractivity contribution in [3.05, 3.63) is 30.0 Å². The average Bonchev–Trinajstić information content (AvgIpc) is 3.09. The standard InChI is InChI=1S/C22H30N2O5/c1-16(25)29-22(11-5-4-6-12-22)15-27-21(26)28-19-9-7-8-18-20(19)17(14-23-18)10-13-24(2)3/h7-9,14,23H,4-6,10-13,15H2,1-3H3. The third-order valence-electron chi connectivity index (χ3n) is 5.35. The van der Waals surface area contributed by atoms with Gasteiger partial charge in [0.05, 0.1) is 0 Å². The van der Waals surface area contributed by atoms with Crippen LogP contribution in [-0.2, 0) is 20.7 Å². The molecular formula is C22H30N2O5. The lowest BCUT2D eigenvalue weighted by atomic mass is 9.85. The van der Waals surface area contributed by atoms with Crippen molar-refractivity contribution in [2.75, 3.05) is 27.2 Å². The van der Waals surface area contributed by atoms with Gasteiger partial charge in [0.25, 0.3) is 0 Å². The summed E-state index contributed by atoms with van der Waals surface area (Å²) in [5.41, 5.74) is 1.26. The molecule has 0 unspecified atom stereocenters. The summed E-state index contributed by atoms with van der Waals surface area (Å²) < 4.78 is 16.5. The maximum Gasteiger partial charge on any atom is 0.514 e. The van der Waals surface area contributed by atoms with Crippen LogP contribution in [0.1, 0.15) is 44.6 Å². The summed E-state index contributed by atoms with van der Waals surface area (Å²) in [5.74, 6) is 0.110. The molecule has 1 fully saturated rings. The van der Waals surface area contributed by atoms with E-state index in [4.69, 9.17) is 14.2 Å². The first kappa shape index (κ1) is 21.2. The minimum atomic E-state index is -0.783. The molecule has 0 saturated heterocycles. The molecule has 1 N–H and O–H groups in total. The molecule has 7 nitrogen and oxygen atoms in total. The molecular weight excluding hydrogens is 372 g/mol. The fourth-order valence-electron chi connectivity index (χ4n) is 3.93. The lowest BCUT2D eigenvalue weighted by Crippen LogP contribution is -2.42. The van der Waals surface area contributed by atoms with Crippen molar-refractivity contribution in [1.82, 2.24) is 9.88 Å². The Kier molecular flexibility index (Phi) is 6.79. The van der Waals surface area contributed by atoms with E-state index in [1.807, 2.05) is 32.4 Å². The molecule has 1 aromatic heterocycles. The van der Waals surface area contributed by atoms with Crippen LogP contribution in [-0.4, -0.2) is 54.9 Å². The molecule has 7 heteroatoms. The number of hydrogen-bond acceptors (Lipinski definition) is 6. The Morgan fingerprint density at radius 3 is 2.62 bits per heavy atom. The van der Waals surface area contributed by atoms with E-state index in [1.165, 1.54) is 6.92 Å². The molecule has 158 valence electrons. The van der Waals surface area contributed by atoms with Gasteiger partial charge in [0.15, 0.2) is 0 Å². The summed E-state index contributed by atoms with van der Waals surface area (Å²) in [6.45, 7) is 2.29. The van der Waals surface area contributed by atoms with E-state index in [2.05, 4.69) is 9.88 Å². The van der Waals surface area contributed by atoms with Crippen LogP contribution in [0.3, 0.4) is 0 Å². The van der Waals surface area contributed by atoms with Crippen LogP contribution in [0.2, 0.25) is 0 Å². The van der Waals surface area contributed by atoms with Gasteiger partial charge in [-0.15, -0.1) is 0 Å². The summed E-state index contributed by atoms with van der Waals surface area (Å²) in [6, 6.07) is 5.54. The van der Waals surface area contributed by atoms with E-state index in [-0.39, 0.29) is 12.6 Å². The number of fused-ring (bicyclic) bond motifs is 1. The van der Waals surface area contributed by atoms with E-state index >= 15 is 0 Å². The van der Waals surface area contributed by atoms with Crippen LogP contribution >= 0.6 is 0 Å². The van der Waals surface area contributed by atoms with Gasteiger partial charge in [0, 0.05) is 30.6 Å². The van der Waals surface area contributed by atoms with Crippen LogP contribution in [0.15, 0.2) is 24.4 Å². The molecule has 0 atom stereocenters. The fourth-order valence-corrected chi connectivity index (χ4v) is 3.93. The minimum Gasteiger partial charge on any atom is -0.456 e. The molecule has 1 aliphatic carbocycles. The molecule has 3 rings (SSSR count). The minimum absolute atomic E-state index is 0.0159. The van der Waals surface area contributed by atoms with Gasteiger partial charge in [-0.1, -0.05) is 12.5 Å². The average molecular weight is 402 g/mol. The van der Waals surface area contributed by atoms with Crippen molar-refractivity contribution in [2.45, 2.75) is 51.0 Å². The Hall–Kier alpha value is -2.54. The number of ether oxygens (including phenoxy) is 3. The zero-order valence-electron chi connectivity index (χ0n) is 17.5. The summed E-state index contributed by atoms with van der Waals surface area (Å²) in [5, 5.41) is 0.888. The molecule has 2 aromatic rings. The first-order chi connectivity index (χ1) is 13.9. The highest BCUT2D eigenvalue weighted by molar-refractivity contribution is 5.90. The number of likely N-dealkylation sites (N-methyl/N-ethyl adjacent to an activating group) is 1. The van der Waals surface area contributed by atoms with Gasteiger partial charge >= 0.3 is 12.1 Å². The SMILES string of the molecule is CC(=O)OC1(COC(=O)Oc2cccc3[nH]cc(CCN(C)C)c23)CCCCC1. The van der Waals surface area contributed by atoms with Crippen LogP contribution in [0, 0.1) is 0 Å². The summed E-state index contributed by atoms with van der Waals surface area (Å²) in [7, 11) is 4.04. The number of carbonyl (C=O) groups excluding carboxylic acids is 2. The second kappa shape index (κ2) is 9.31. The predicted molar refractivity (Wildman–Crippen MR) is 110 cm³/mol. The number of nitrogens with zero attached hydrogens (tertiary/aromatic N) is 1. The van der Waals surface area contributed by atoms with Gasteiger partial charge < -0.3 is 24.1 Å². The third-order valence-corrected chi connectivity index (χ3v) is 5.35. The van der Waals surface area contributed by atoms with Crippen LogP contribution < -0.4 is 4.74 Å². The quantitative estimate of drug-likeness (QED) is 0.556. The highest BCUT2D eigenvalue weighted by atomic mass is 16.7. The highest BCUT2D eigenvalue weighted by Gasteiger charge is 2.37. The van der Waals surface area contributed by atoms with Crippen molar-refractivity contribution >= 4 is 23.0 Å². The number of H-pyrrole nitrogens is 1. The second-order valence-electron chi connectivity index (χ2n) is 8.02. The molecule has 0 bridgehead atoms. The summed E-state index contributed by atoms with van der Waals surface area (Å²) >= 11 is 0. The first-order valence-corrected chi connectivity index (χ1v) is 10.2. The van der Waals surface area contributed by atoms with E-state index in [9.17, 15) is 9.59 Å². The van der Waals surface area contributed by atoms with Crippen molar-refractivity contribution < 1.29 is 23.8 Å². The number of carbonyl (C=O) groups is 2. The number of benzene rings is 1. The molecule has 1 aromatic carbocycles. The topological polar surface area (TPSA) is 80.9 Å². The van der Waals surface area contributed by atoms with E-state index in [1.54, 1.807) is 6.07 Å². The third kappa shape index (κ3) is 5.50. The Morgan fingerprint density at radius 2 is 1.93 bits per heavy atom. The Balaban J connectivity index is 1.69. The molecule has 1 aliphatic rings. The van der Waals surface area contributed by atoms with E-state index < -0.39 is 11.8 Å². The van der Waals surface area contributed by atoms with Gasteiger partial charge in [0.2, 0.25) is 0 Å². The van der Waals surface area contributed by atoms with Gasteiger partial charge in [0.1, 0.15) is 18.0 Å². The molecule has 0 amide bonds.